The lowest BCUT2D eigenvalue weighted by Crippen LogP contribution is -1.62. The molecule has 0 aromatic heterocycles. The summed E-state index contributed by atoms with van der Waals surface area (Å²) in [7, 11) is 0. The van der Waals surface area contributed by atoms with Crippen LogP contribution in [0.2, 0.25) is 0 Å². The van der Waals surface area contributed by atoms with Crippen molar-refractivity contribution in [3.63, 3.8) is 0 Å². The normalized spacial score (nSPS) is 10.3. The molecule has 12 heavy (non-hydrogen) atoms. The van der Waals surface area contributed by atoms with Gasteiger partial charge in [0, 0.05) is 0 Å². The molecule has 0 saturated carbocycles. The molecular weight excluding hydrogens is 152 g/mol. The zero-order valence-electron chi connectivity index (χ0n) is 6.36. The Morgan fingerprint density at radius 2 is 1.50 bits per heavy atom. The molecule has 0 aromatic rings. The Morgan fingerprint density at radius 1 is 0.750 bits per heavy atom. The van der Waals surface area contributed by atoms with E-state index in [9.17, 15) is 5.11 Å². The van der Waals surface area contributed by atoms with Gasteiger partial charge in [-0.1, -0.05) is 24.3 Å². The smallest absolute Gasteiger partial charge is 0.158 e. The monoisotopic (exact) mass is 160 g/mol. The summed E-state index contributed by atoms with van der Waals surface area (Å²) < 4.78 is 0. The highest BCUT2D eigenvalue weighted by Gasteiger charge is 2.02. The first kappa shape index (κ1) is 6.98. The van der Waals surface area contributed by atoms with Crippen molar-refractivity contribution < 1.29 is 10.2 Å². The average molecular weight is 160 g/mol. The molecule has 60 valence electrons. The van der Waals surface area contributed by atoms with Crippen LogP contribution in [0.1, 0.15) is 0 Å². The van der Waals surface area contributed by atoms with Crippen LogP contribution in [0.4, 0.5) is 0 Å². The quantitative estimate of drug-likeness (QED) is 0.620. The first-order valence-corrected chi connectivity index (χ1v) is 3.68. The van der Waals surface area contributed by atoms with Crippen molar-refractivity contribution in [2.24, 2.45) is 0 Å². The van der Waals surface area contributed by atoms with Crippen molar-refractivity contribution in [1.29, 1.82) is 0 Å². The maximum Gasteiger partial charge on any atom is 0.158 e. The zero-order chi connectivity index (χ0) is 8.55. The summed E-state index contributed by atoms with van der Waals surface area (Å²) >= 11 is 0. The fourth-order valence-corrected chi connectivity index (χ4v) is 1.21. The van der Waals surface area contributed by atoms with Crippen LogP contribution in [-0.2, 0) is 0 Å². The van der Waals surface area contributed by atoms with E-state index in [-0.39, 0.29) is 11.5 Å². The number of rotatable bonds is 0. The van der Waals surface area contributed by atoms with Crippen molar-refractivity contribution in [2.45, 2.75) is 0 Å². The maximum atomic E-state index is 9.25. The third-order valence-corrected chi connectivity index (χ3v) is 1.86. The number of aromatic hydroxyl groups is 2. The number of hydrogen-bond acceptors (Lipinski definition) is 2. The Labute approximate surface area is 70.1 Å². The van der Waals surface area contributed by atoms with Crippen LogP contribution in [-0.4, -0.2) is 10.2 Å². The molecule has 0 unspecified atom stereocenters. The van der Waals surface area contributed by atoms with Gasteiger partial charge in [0.05, 0.1) is 0 Å². The van der Waals surface area contributed by atoms with Gasteiger partial charge in [-0.25, -0.2) is 0 Å². The lowest BCUT2D eigenvalue weighted by Gasteiger charge is -1.89. The molecule has 2 heteroatoms. The van der Waals surface area contributed by atoms with Gasteiger partial charge in [-0.05, 0) is 23.3 Å². The van der Waals surface area contributed by atoms with Crippen molar-refractivity contribution in [1.82, 2.24) is 0 Å². The molecule has 0 bridgehead atoms. The zero-order valence-corrected chi connectivity index (χ0v) is 6.36. The molecule has 0 spiro atoms. The molecule has 2 N–H and O–H groups in total. The third kappa shape index (κ3) is 0.975. The standard InChI is InChI=1S/C10H8O2/c11-9-5-4-7-2-1-3-8(7)6-10(9)12/h1-6,11-12H. The highest BCUT2D eigenvalue weighted by molar-refractivity contribution is 5.68. The van der Waals surface area contributed by atoms with E-state index < -0.39 is 0 Å². The van der Waals surface area contributed by atoms with E-state index >= 15 is 0 Å². The largest absolute Gasteiger partial charge is 0.504 e. The van der Waals surface area contributed by atoms with Gasteiger partial charge < -0.3 is 10.2 Å². The molecule has 0 amide bonds. The summed E-state index contributed by atoms with van der Waals surface area (Å²) in [5.74, 6) is -0.178. The van der Waals surface area contributed by atoms with Gasteiger partial charge in [0.25, 0.3) is 0 Å². The summed E-state index contributed by atoms with van der Waals surface area (Å²) in [6.45, 7) is 0. The van der Waals surface area contributed by atoms with E-state index in [4.69, 9.17) is 5.11 Å². The van der Waals surface area contributed by atoms with Gasteiger partial charge in [-0.3, -0.25) is 0 Å². The van der Waals surface area contributed by atoms with Crippen LogP contribution in [0.15, 0.2) is 36.4 Å². The van der Waals surface area contributed by atoms with Gasteiger partial charge in [-0.15, -0.1) is 0 Å². The first-order chi connectivity index (χ1) is 5.77. The number of hydrogen-bond donors (Lipinski definition) is 2. The lowest BCUT2D eigenvalue weighted by molar-refractivity contribution is 0.405. The minimum absolute atomic E-state index is 0.0869. The predicted octanol–water partition coefficient (Wildman–Crippen LogP) is 2.20. The molecule has 0 atom stereocenters. The van der Waals surface area contributed by atoms with E-state index in [1.54, 1.807) is 12.1 Å². The van der Waals surface area contributed by atoms with Crippen LogP contribution >= 0.6 is 0 Å². The second kappa shape index (κ2) is 2.41. The van der Waals surface area contributed by atoms with Crippen molar-refractivity contribution in [3.8, 4) is 22.6 Å². The Kier molecular flexibility index (Phi) is 1.40. The molecule has 0 saturated heterocycles. The summed E-state index contributed by atoms with van der Waals surface area (Å²) in [5.41, 5.74) is 1.93. The lowest BCUT2D eigenvalue weighted by atomic mass is 10.2. The van der Waals surface area contributed by atoms with Crippen LogP contribution < -0.4 is 0 Å². The molecule has 0 aliphatic heterocycles. The van der Waals surface area contributed by atoms with E-state index in [1.807, 2.05) is 18.2 Å². The van der Waals surface area contributed by atoms with Crippen LogP contribution in [0.25, 0.3) is 11.1 Å². The van der Waals surface area contributed by atoms with Crippen molar-refractivity contribution in [3.05, 3.63) is 36.4 Å². The molecule has 2 nitrogen and oxygen atoms in total. The summed E-state index contributed by atoms with van der Waals surface area (Å²) in [5, 5.41) is 18.4. The molecule has 0 fully saturated rings. The molecule has 2 aliphatic rings. The molecule has 0 heterocycles. The van der Waals surface area contributed by atoms with E-state index in [2.05, 4.69) is 0 Å². The van der Waals surface area contributed by atoms with E-state index in [0.29, 0.717) is 0 Å². The fraction of sp³-hybridized carbons (Fsp3) is 0. The minimum Gasteiger partial charge on any atom is -0.504 e. The predicted molar refractivity (Wildman–Crippen MR) is 46.4 cm³/mol. The second-order valence-corrected chi connectivity index (χ2v) is 2.68. The highest BCUT2D eigenvalue weighted by Crippen LogP contribution is 2.30. The molecule has 2 aliphatic carbocycles. The van der Waals surface area contributed by atoms with E-state index in [1.165, 1.54) is 6.07 Å². The van der Waals surface area contributed by atoms with Gasteiger partial charge in [0.1, 0.15) is 0 Å². The Hall–Kier alpha value is -1.70. The highest BCUT2D eigenvalue weighted by atomic mass is 16.3. The average Bonchev–Trinajstić information content (AvgIpc) is 2.43. The molecule has 0 radical (unpaired) electrons. The Bertz CT molecular complexity index is 382. The topological polar surface area (TPSA) is 40.5 Å². The Morgan fingerprint density at radius 3 is 2.33 bits per heavy atom. The third-order valence-electron chi connectivity index (χ3n) is 1.86. The Balaban J connectivity index is 2.75. The molecular formula is C10H8O2. The van der Waals surface area contributed by atoms with Gasteiger partial charge in [0.15, 0.2) is 11.5 Å². The number of fused-ring (bicyclic) bond motifs is 1. The van der Waals surface area contributed by atoms with Crippen LogP contribution in [0.3, 0.4) is 0 Å². The first-order valence-electron chi connectivity index (χ1n) is 3.68. The van der Waals surface area contributed by atoms with Crippen molar-refractivity contribution in [2.75, 3.05) is 0 Å². The SMILES string of the molecule is Oc1ccc2cccc-2cc1O. The minimum atomic E-state index is -0.0915. The van der Waals surface area contributed by atoms with Gasteiger partial charge >= 0.3 is 0 Å². The maximum absolute atomic E-state index is 9.25. The van der Waals surface area contributed by atoms with Crippen molar-refractivity contribution >= 4 is 0 Å². The second-order valence-electron chi connectivity index (χ2n) is 2.68. The fourth-order valence-electron chi connectivity index (χ4n) is 1.21. The van der Waals surface area contributed by atoms with Crippen LogP contribution in [0, 0.1) is 0 Å². The van der Waals surface area contributed by atoms with Crippen LogP contribution in [0.5, 0.6) is 11.5 Å². The summed E-state index contributed by atoms with van der Waals surface area (Å²) in [6, 6.07) is 10.5. The van der Waals surface area contributed by atoms with E-state index in [0.717, 1.165) is 11.1 Å². The van der Waals surface area contributed by atoms with Gasteiger partial charge in [0.2, 0.25) is 0 Å². The molecule has 0 aromatic carbocycles. The summed E-state index contributed by atoms with van der Waals surface area (Å²) in [6.07, 6.45) is 0. The summed E-state index contributed by atoms with van der Waals surface area (Å²) in [4.78, 5) is 0. The van der Waals surface area contributed by atoms with Gasteiger partial charge in [-0.2, -0.15) is 0 Å². The molecule has 2 rings (SSSR count).